The van der Waals surface area contributed by atoms with Crippen LogP contribution in [0.4, 0.5) is 14.9 Å². The Kier molecular flexibility index (Phi) is 5.51. The van der Waals surface area contributed by atoms with Gasteiger partial charge in [0.25, 0.3) is 5.91 Å². The van der Waals surface area contributed by atoms with Gasteiger partial charge in [-0.05, 0) is 37.2 Å². The summed E-state index contributed by atoms with van der Waals surface area (Å²) in [5.41, 5.74) is 6.02. The summed E-state index contributed by atoms with van der Waals surface area (Å²) < 4.78 is 13.2. The number of carbonyl (C=O) groups excluding carboxylic acids is 2. The van der Waals surface area contributed by atoms with E-state index in [-0.39, 0.29) is 17.8 Å². The molecule has 1 aliphatic rings. The molecule has 2 aromatic rings. The van der Waals surface area contributed by atoms with Gasteiger partial charge in [0, 0.05) is 18.2 Å². The molecule has 0 aliphatic carbocycles. The highest BCUT2D eigenvalue weighted by Gasteiger charge is 2.22. The normalized spacial score (nSPS) is 15.8. The van der Waals surface area contributed by atoms with Crippen LogP contribution in [0.15, 0.2) is 30.3 Å². The molecule has 134 valence electrons. The van der Waals surface area contributed by atoms with Crippen LogP contribution in [0.25, 0.3) is 0 Å². The zero-order valence-electron chi connectivity index (χ0n) is 13.8. The van der Waals surface area contributed by atoms with Crippen LogP contribution in [0.2, 0.25) is 0 Å². The van der Waals surface area contributed by atoms with E-state index in [1.165, 1.54) is 12.1 Å². The molecule has 3 amide bonds. The topological polar surface area (TPSA) is 96.2 Å². The fourth-order valence-electron chi connectivity index (χ4n) is 2.58. The predicted octanol–water partition coefficient (Wildman–Crippen LogP) is 1.87. The maximum atomic E-state index is 13.2. The molecule has 6 nitrogen and oxygen atoms in total. The van der Waals surface area contributed by atoms with Crippen LogP contribution in [0, 0.1) is 17.7 Å². The quantitative estimate of drug-likeness (QED) is 0.620. The number of thiophene rings is 1. The van der Waals surface area contributed by atoms with Crippen LogP contribution < -0.4 is 21.7 Å². The summed E-state index contributed by atoms with van der Waals surface area (Å²) in [6.45, 7) is 1.56. The molecule has 1 aromatic heterocycles. The molecule has 1 atom stereocenters. The molecule has 1 fully saturated rings. The lowest BCUT2D eigenvalue weighted by molar-refractivity contribution is 0.0945. The number of benzene rings is 1. The number of hydrogen-bond donors (Lipinski definition) is 4. The van der Waals surface area contributed by atoms with Crippen molar-refractivity contribution in [3.63, 3.8) is 0 Å². The van der Waals surface area contributed by atoms with Gasteiger partial charge in [0.15, 0.2) is 0 Å². The van der Waals surface area contributed by atoms with E-state index in [1.807, 2.05) is 0 Å². The number of nitrogens with two attached hydrogens (primary N) is 1. The standard InChI is InChI=1S/C18H17FN4O2S/c19-12-3-1-2-11(8-12)4-5-14-9-15(23-18(20)25)16(26-14)17(24)22-13-6-7-21-10-13/h1-3,8-9,13,21H,6-7,10H2,(H,22,24)(H3,20,23,25). The highest BCUT2D eigenvalue weighted by atomic mass is 32.1. The zero-order valence-corrected chi connectivity index (χ0v) is 14.6. The van der Waals surface area contributed by atoms with Gasteiger partial charge in [0.05, 0.1) is 10.6 Å². The zero-order chi connectivity index (χ0) is 18.5. The highest BCUT2D eigenvalue weighted by Crippen LogP contribution is 2.27. The molecule has 1 saturated heterocycles. The summed E-state index contributed by atoms with van der Waals surface area (Å²) in [6.07, 6.45) is 0.849. The number of rotatable bonds is 3. The summed E-state index contributed by atoms with van der Waals surface area (Å²) >= 11 is 1.15. The van der Waals surface area contributed by atoms with Crippen molar-refractivity contribution < 1.29 is 14.0 Å². The molecule has 1 unspecified atom stereocenters. The van der Waals surface area contributed by atoms with E-state index < -0.39 is 6.03 Å². The number of amides is 3. The first-order valence-electron chi connectivity index (χ1n) is 8.01. The van der Waals surface area contributed by atoms with Gasteiger partial charge >= 0.3 is 6.03 Å². The molecule has 5 N–H and O–H groups in total. The Morgan fingerprint density at radius 2 is 2.15 bits per heavy atom. The van der Waals surface area contributed by atoms with Crippen LogP contribution in [0.3, 0.4) is 0 Å². The summed E-state index contributed by atoms with van der Waals surface area (Å²) in [6, 6.07) is 6.80. The first kappa shape index (κ1) is 17.9. The third-order valence-corrected chi connectivity index (χ3v) is 4.80. The molecule has 0 spiro atoms. The van der Waals surface area contributed by atoms with Crippen molar-refractivity contribution in [1.82, 2.24) is 10.6 Å². The molecule has 26 heavy (non-hydrogen) atoms. The molecule has 1 aromatic carbocycles. The molecule has 0 radical (unpaired) electrons. The van der Waals surface area contributed by atoms with Gasteiger partial charge < -0.3 is 21.7 Å². The average Bonchev–Trinajstić information content (AvgIpc) is 3.22. The van der Waals surface area contributed by atoms with Crippen molar-refractivity contribution in [1.29, 1.82) is 0 Å². The number of primary amides is 1. The van der Waals surface area contributed by atoms with Crippen molar-refractivity contribution in [2.75, 3.05) is 18.4 Å². The fourth-order valence-corrected chi connectivity index (χ4v) is 3.45. The van der Waals surface area contributed by atoms with Gasteiger partial charge in [0.1, 0.15) is 10.7 Å². The molecular formula is C18H17FN4O2S. The Morgan fingerprint density at radius 1 is 1.31 bits per heavy atom. The second-order valence-electron chi connectivity index (χ2n) is 5.77. The van der Waals surface area contributed by atoms with E-state index in [2.05, 4.69) is 27.8 Å². The molecule has 8 heteroatoms. The maximum Gasteiger partial charge on any atom is 0.316 e. The molecular weight excluding hydrogens is 355 g/mol. The summed E-state index contributed by atoms with van der Waals surface area (Å²) in [5.74, 6) is 5.07. The summed E-state index contributed by atoms with van der Waals surface area (Å²) in [5, 5.41) is 8.54. The first-order chi connectivity index (χ1) is 12.5. The molecule has 0 bridgehead atoms. The maximum absolute atomic E-state index is 13.2. The number of nitrogens with one attached hydrogen (secondary N) is 3. The van der Waals surface area contributed by atoms with E-state index in [9.17, 15) is 14.0 Å². The molecule has 3 rings (SSSR count). The number of carbonyl (C=O) groups is 2. The van der Waals surface area contributed by atoms with Gasteiger partial charge in [-0.15, -0.1) is 11.3 Å². The first-order valence-corrected chi connectivity index (χ1v) is 8.82. The van der Waals surface area contributed by atoms with Crippen molar-refractivity contribution in [3.05, 3.63) is 51.5 Å². The van der Waals surface area contributed by atoms with Crippen LogP contribution in [0.1, 0.15) is 26.5 Å². The van der Waals surface area contributed by atoms with Crippen molar-refractivity contribution >= 4 is 29.0 Å². The minimum Gasteiger partial charge on any atom is -0.351 e. The Hall–Kier alpha value is -2.89. The third kappa shape index (κ3) is 4.59. The minimum absolute atomic E-state index is 0.0489. The number of urea groups is 1. The van der Waals surface area contributed by atoms with Crippen LogP contribution in [-0.2, 0) is 0 Å². The van der Waals surface area contributed by atoms with E-state index in [0.717, 1.165) is 24.3 Å². The van der Waals surface area contributed by atoms with Gasteiger partial charge in [-0.25, -0.2) is 9.18 Å². The minimum atomic E-state index is -0.760. The molecule has 2 heterocycles. The lowest BCUT2D eigenvalue weighted by Gasteiger charge is -2.11. The Balaban J connectivity index is 1.84. The van der Waals surface area contributed by atoms with Gasteiger partial charge in [-0.2, -0.15) is 0 Å². The number of hydrogen-bond acceptors (Lipinski definition) is 4. The second-order valence-corrected chi connectivity index (χ2v) is 6.82. The van der Waals surface area contributed by atoms with Crippen LogP contribution in [0.5, 0.6) is 0 Å². The van der Waals surface area contributed by atoms with Crippen molar-refractivity contribution in [2.45, 2.75) is 12.5 Å². The van der Waals surface area contributed by atoms with Crippen molar-refractivity contribution in [2.24, 2.45) is 5.73 Å². The van der Waals surface area contributed by atoms with E-state index in [4.69, 9.17) is 5.73 Å². The van der Waals surface area contributed by atoms with Crippen LogP contribution >= 0.6 is 11.3 Å². The summed E-state index contributed by atoms with van der Waals surface area (Å²) in [4.78, 5) is 24.6. The molecule has 1 aliphatic heterocycles. The Morgan fingerprint density at radius 3 is 2.85 bits per heavy atom. The monoisotopic (exact) mass is 372 g/mol. The van der Waals surface area contributed by atoms with Gasteiger partial charge in [0.2, 0.25) is 0 Å². The van der Waals surface area contributed by atoms with Crippen LogP contribution in [-0.4, -0.2) is 31.1 Å². The lowest BCUT2D eigenvalue weighted by Crippen LogP contribution is -2.36. The second kappa shape index (κ2) is 7.99. The Bertz CT molecular complexity index is 894. The number of anilines is 1. The fraction of sp³-hybridized carbons (Fsp3) is 0.222. The van der Waals surface area contributed by atoms with E-state index in [1.54, 1.807) is 18.2 Å². The average molecular weight is 372 g/mol. The van der Waals surface area contributed by atoms with Gasteiger partial charge in [-0.1, -0.05) is 17.9 Å². The Labute approximate surface area is 154 Å². The van der Waals surface area contributed by atoms with E-state index in [0.29, 0.717) is 27.5 Å². The number of halogens is 1. The lowest BCUT2D eigenvalue weighted by atomic mass is 10.2. The van der Waals surface area contributed by atoms with E-state index >= 15 is 0 Å². The predicted molar refractivity (Wildman–Crippen MR) is 98.6 cm³/mol. The third-order valence-electron chi connectivity index (χ3n) is 3.75. The van der Waals surface area contributed by atoms with Gasteiger partial charge in [-0.3, -0.25) is 4.79 Å². The molecule has 0 saturated carbocycles. The largest absolute Gasteiger partial charge is 0.351 e. The summed E-state index contributed by atoms with van der Waals surface area (Å²) in [7, 11) is 0. The smallest absolute Gasteiger partial charge is 0.316 e. The SMILES string of the molecule is NC(=O)Nc1cc(C#Cc2cccc(F)c2)sc1C(=O)NC1CCNC1. The highest BCUT2D eigenvalue weighted by molar-refractivity contribution is 7.15. The van der Waals surface area contributed by atoms with Crippen molar-refractivity contribution in [3.8, 4) is 11.8 Å².